The molecule has 0 saturated carbocycles. The molecule has 0 aromatic rings. The molecule has 2 atom stereocenters. The maximum absolute atomic E-state index is 8.63. The Hall–Kier alpha value is -0.590. The van der Waals surface area contributed by atoms with Crippen LogP contribution in [-0.2, 0) is 0 Å². The van der Waals surface area contributed by atoms with E-state index in [-0.39, 0.29) is 6.61 Å². The highest BCUT2D eigenvalue weighted by atomic mass is 16.3. The predicted molar refractivity (Wildman–Crippen MR) is 27.9 cm³/mol. The van der Waals surface area contributed by atoms with Crippen molar-refractivity contribution in [2.45, 2.75) is 13.0 Å². The van der Waals surface area contributed by atoms with Crippen LogP contribution in [0.2, 0.25) is 0 Å². The molecule has 2 unspecified atom stereocenters. The van der Waals surface area contributed by atoms with Crippen LogP contribution in [0.4, 0.5) is 0 Å². The zero-order chi connectivity index (χ0) is 6.57. The molecule has 8 heavy (non-hydrogen) atoms. The van der Waals surface area contributed by atoms with E-state index in [1.54, 1.807) is 6.07 Å². The van der Waals surface area contributed by atoms with E-state index in [2.05, 4.69) is 0 Å². The zero-order valence-electron chi connectivity index (χ0n) is 4.70. The maximum atomic E-state index is 8.63. The van der Waals surface area contributed by atoms with Gasteiger partial charge in [-0.1, -0.05) is 0 Å². The molecule has 3 nitrogen and oxygen atoms in total. The Morgan fingerprint density at radius 2 is 2.25 bits per heavy atom. The summed E-state index contributed by atoms with van der Waals surface area (Å²) in [6, 6.07) is 1.75. The van der Waals surface area contributed by atoms with Gasteiger partial charge in [-0.2, -0.15) is 5.26 Å². The summed E-state index contributed by atoms with van der Waals surface area (Å²) in [4.78, 5) is 0. The Bertz CT molecular complexity index is 95.1. The van der Waals surface area contributed by atoms with Gasteiger partial charge in [-0.3, -0.25) is 0 Å². The Balaban J connectivity index is 3.57. The SMILES string of the molecule is CC(O)C(C#N)CO. The van der Waals surface area contributed by atoms with E-state index in [1.807, 2.05) is 0 Å². The predicted octanol–water partition coefficient (Wildman–Crippen LogP) is -0.501. The molecule has 2 N–H and O–H groups in total. The molecule has 0 aromatic heterocycles. The lowest BCUT2D eigenvalue weighted by molar-refractivity contribution is 0.110. The van der Waals surface area contributed by atoms with Crippen LogP contribution in [0.5, 0.6) is 0 Å². The van der Waals surface area contributed by atoms with E-state index in [9.17, 15) is 0 Å². The van der Waals surface area contributed by atoms with Crippen molar-refractivity contribution in [3.05, 3.63) is 0 Å². The van der Waals surface area contributed by atoms with Gasteiger partial charge in [0.15, 0.2) is 0 Å². The van der Waals surface area contributed by atoms with Gasteiger partial charge in [0.05, 0.1) is 24.7 Å². The molecule has 3 heteroatoms. The van der Waals surface area contributed by atoms with E-state index in [4.69, 9.17) is 15.5 Å². The second-order valence-corrected chi connectivity index (χ2v) is 1.66. The third-order valence-corrected chi connectivity index (χ3v) is 0.945. The lowest BCUT2D eigenvalue weighted by Gasteiger charge is -2.05. The van der Waals surface area contributed by atoms with Gasteiger partial charge >= 0.3 is 0 Å². The molecule has 0 rings (SSSR count). The summed E-state index contributed by atoms with van der Waals surface area (Å²) < 4.78 is 0. The Morgan fingerprint density at radius 3 is 2.25 bits per heavy atom. The summed E-state index contributed by atoms with van der Waals surface area (Å²) in [5.74, 6) is -0.630. The van der Waals surface area contributed by atoms with Crippen molar-refractivity contribution < 1.29 is 10.2 Å². The summed E-state index contributed by atoms with van der Waals surface area (Å²) in [5, 5.41) is 25.1. The van der Waals surface area contributed by atoms with Crippen molar-refractivity contribution in [2.24, 2.45) is 5.92 Å². The van der Waals surface area contributed by atoms with Gasteiger partial charge in [0.25, 0.3) is 0 Å². The van der Waals surface area contributed by atoms with Crippen LogP contribution in [0.25, 0.3) is 0 Å². The minimum absolute atomic E-state index is 0.270. The summed E-state index contributed by atoms with van der Waals surface area (Å²) in [6.07, 6.45) is -0.731. The van der Waals surface area contributed by atoms with Crippen LogP contribution >= 0.6 is 0 Å². The van der Waals surface area contributed by atoms with Crippen LogP contribution < -0.4 is 0 Å². The second kappa shape index (κ2) is 3.42. The second-order valence-electron chi connectivity index (χ2n) is 1.66. The molecule has 46 valence electrons. The van der Waals surface area contributed by atoms with E-state index in [1.165, 1.54) is 6.92 Å². The van der Waals surface area contributed by atoms with Crippen molar-refractivity contribution in [1.29, 1.82) is 5.26 Å². The Morgan fingerprint density at radius 1 is 1.75 bits per heavy atom. The number of aliphatic hydroxyl groups is 2. The van der Waals surface area contributed by atoms with Crippen molar-refractivity contribution >= 4 is 0 Å². The van der Waals surface area contributed by atoms with E-state index in [0.29, 0.717) is 0 Å². The van der Waals surface area contributed by atoms with Gasteiger partial charge in [0.2, 0.25) is 0 Å². The molecule has 0 aliphatic carbocycles. The average molecular weight is 115 g/mol. The highest BCUT2D eigenvalue weighted by Gasteiger charge is 2.10. The van der Waals surface area contributed by atoms with Crippen LogP contribution in [0.15, 0.2) is 0 Å². The third-order valence-electron chi connectivity index (χ3n) is 0.945. The minimum atomic E-state index is -0.731. The molecule has 0 aliphatic heterocycles. The van der Waals surface area contributed by atoms with Crippen LogP contribution in [0.3, 0.4) is 0 Å². The first kappa shape index (κ1) is 7.41. The monoisotopic (exact) mass is 115 g/mol. The lowest BCUT2D eigenvalue weighted by Crippen LogP contribution is -2.18. The van der Waals surface area contributed by atoms with Crippen molar-refractivity contribution in [3.8, 4) is 6.07 Å². The first-order valence-electron chi connectivity index (χ1n) is 2.41. The summed E-state index contributed by atoms with van der Waals surface area (Å²) in [6.45, 7) is 1.21. The molecule has 0 amide bonds. The number of hydrogen-bond donors (Lipinski definition) is 2. The van der Waals surface area contributed by atoms with Gasteiger partial charge < -0.3 is 10.2 Å². The van der Waals surface area contributed by atoms with Gasteiger partial charge in [0.1, 0.15) is 0 Å². The minimum Gasteiger partial charge on any atom is -0.395 e. The normalized spacial score (nSPS) is 16.8. The average Bonchev–Trinajstić information content (AvgIpc) is 1.69. The number of hydrogen-bond acceptors (Lipinski definition) is 3. The molecule has 0 aliphatic rings. The number of nitrogens with zero attached hydrogens (tertiary/aromatic N) is 1. The zero-order valence-corrected chi connectivity index (χ0v) is 4.70. The molecule has 0 spiro atoms. The molecule has 0 heterocycles. The van der Waals surface area contributed by atoms with Crippen LogP contribution in [-0.4, -0.2) is 22.9 Å². The number of rotatable bonds is 2. The largest absolute Gasteiger partial charge is 0.395 e. The van der Waals surface area contributed by atoms with Gasteiger partial charge in [0, 0.05) is 0 Å². The van der Waals surface area contributed by atoms with Crippen molar-refractivity contribution in [2.75, 3.05) is 6.61 Å². The third kappa shape index (κ3) is 1.92. The van der Waals surface area contributed by atoms with E-state index < -0.39 is 12.0 Å². The fraction of sp³-hybridized carbons (Fsp3) is 0.800. The Labute approximate surface area is 48.2 Å². The van der Waals surface area contributed by atoms with E-state index in [0.717, 1.165) is 0 Å². The van der Waals surface area contributed by atoms with Crippen molar-refractivity contribution in [1.82, 2.24) is 0 Å². The fourth-order valence-electron chi connectivity index (χ4n) is 0.301. The lowest BCUT2D eigenvalue weighted by atomic mass is 10.1. The quantitative estimate of drug-likeness (QED) is 0.510. The number of aliphatic hydroxyl groups excluding tert-OH is 2. The van der Waals surface area contributed by atoms with Gasteiger partial charge in [-0.05, 0) is 6.92 Å². The molecule has 0 aromatic carbocycles. The molecular weight excluding hydrogens is 106 g/mol. The summed E-state index contributed by atoms with van der Waals surface area (Å²) in [7, 11) is 0. The van der Waals surface area contributed by atoms with Gasteiger partial charge in [-0.15, -0.1) is 0 Å². The standard InChI is InChI=1S/C5H9NO2/c1-4(8)5(2-6)3-7/h4-5,7-8H,3H2,1H3. The fourth-order valence-corrected chi connectivity index (χ4v) is 0.301. The summed E-state index contributed by atoms with van der Waals surface area (Å²) in [5.41, 5.74) is 0. The summed E-state index contributed by atoms with van der Waals surface area (Å²) >= 11 is 0. The first-order valence-corrected chi connectivity index (χ1v) is 2.41. The molecule has 0 fully saturated rings. The molecular formula is C5H9NO2. The molecule has 0 bridgehead atoms. The van der Waals surface area contributed by atoms with E-state index >= 15 is 0 Å². The topological polar surface area (TPSA) is 64.2 Å². The first-order chi connectivity index (χ1) is 3.72. The smallest absolute Gasteiger partial charge is 0.0950 e. The number of nitriles is 1. The Kier molecular flexibility index (Phi) is 3.16. The highest BCUT2D eigenvalue weighted by molar-refractivity contribution is 4.85. The molecule has 0 radical (unpaired) electrons. The van der Waals surface area contributed by atoms with Crippen LogP contribution in [0.1, 0.15) is 6.92 Å². The van der Waals surface area contributed by atoms with Crippen LogP contribution in [0, 0.1) is 17.2 Å². The van der Waals surface area contributed by atoms with Crippen molar-refractivity contribution in [3.63, 3.8) is 0 Å². The highest BCUT2D eigenvalue weighted by Crippen LogP contribution is 1.98. The van der Waals surface area contributed by atoms with Gasteiger partial charge in [-0.25, -0.2) is 0 Å². The molecule has 0 saturated heterocycles. The maximum Gasteiger partial charge on any atom is 0.0950 e.